The lowest BCUT2D eigenvalue weighted by molar-refractivity contribution is 0.112. The fraction of sp³-hybridized carbons (Fsp3) is 0.263. The lowest BCUT2D eigenvalue weighted by atomic mass is 10.2. The molecule has 0 atom stereocenters. The number of para-hydroxylation sites is 2. The summed E-state index contributed by atoms with van der Waals surface area (Å²) < 4.78 is 7.88. The van der Waals surface area contributed by atoms with E-state index >= 15 is 0 Å². The Kier molecular flexibility index (Phi) is 5.04. The van der Waals surface area contributed by atoms with E-state index < -0.39 is 0 Å². The predicted octanol–water partition coefficient (Wildman–Crippen LogP) is 4.10. The van der Waals surface area contributed by atoms with E-state index in [1.54, 1.807) is 12.1 Å². The first-order valence-electron chi connectivity index (χ1n) is 7.95. The van der Waals surface area contributed by atoms with Crippen molar-refractivity contribution in [3.8, 4) is 5.75 Å². The van der Waals surface area contributed by atoms with Crippen LogP contribution in [0, 0.1) is 0 Å². The summed E-state index contributed by atoms with van der Waals surface area (Å²) in [5.41, 5.74) is 2.92. The van der Waals surface area contributed by atoms with Gasteiger partial charge in [0.15, 0.2) is 0 Å². The van der Waals surface area contributed by atoms with Crippen molar-refractivity contribution < 1.29 is 9.53 Å². The van der Waals surface area contributed by atoms with E-state index in [9.17, 15) is 4.79 Å². The first-order chi connectivity index (χ1) is 11.4. The zero-order valence-corrected chi connectivity index (χ0v) is 13.0. The van der Waals surface area contributed by atoms with Crippen LogP contribution in [0.2, 0.25) is 0 Å². The van der Waals surface area contributed by atoms with Gasteiger partial charge in [-0.25, -0.2) is 4.98 Å². The molecule has 1 heterocycles. The molecule has 0 amide bonds. The van der Waals surface area contributed by atoms with Gasteiger partial charge in [-0.1, -0.05) is 12.1 Å². The highest BCUT2D eigenvalue weighted by molar-refractivity contribution is 5.75. The molecule has 0 spiro atoms. The number of hydrogen-bond acceptors (Lipinski definition) is 3. The van der Waals surface area contributed by atoms with E-state index in [0.29, 0.717) is 12.2 Å². The first kappa shape index (κ1) is 15.3. The van der Waals surface area contributed by atoms with E-state index in [4.69, 9.17) is 4.74 Å². The van der Waals surface area contributed by atoms with Crippen molar-refractivity contribution in [3.63, 3.8) is 0 Å². The number of imidazole rings is 1. The molecule has 0 saturated carbocycles. The Labute approximate surface area is 135 Å². The van der Waals surface area contributed by atoms with Crippen LogP contribution in [0.15, 0.2) is 54.9 Å². The minimum Gasteiger partial charge on any atom is -0.494 e. The quantitative estimate of drug-likeness (QED) is 0.465. The topological polar surface area (TPSA) is 44.1 Å². The van der Waals surface area contributed by atoms with Crippen LogP contribution in [0.3, 0.4) is 0 Å². The third kappa shape index (κ3) is 3.97. The van der Waals surface area contributed by atoms with Crippen LogP contribution >= 0.6 is 0 Å². The molecule has 0 radical (unpaired) electrons. The Hall–Kier alpha value is -2.62. The fourth-order valence-corrected chi connectivity index (χ4v) is 2.58. The average Bonchev–Trinajstić information content (AvgIpc) is 3.02. The third-order valence-electron chi connectivity index (χ3n) is 3.86. The Balaban J connectivity index is 1.37. The van der Waals surface area contributed by atoms with E-state index in [0.717, 1.165) is 43.4 Å². The predicted molar refractivity (Wildman–Crippen MR) is 90.9 cm³/mol. The molecule has 0 aliphatic carbocycles. The maximum Gasteiger partial charge on any atom is 0.150 e. The molecule has 0 bridgehead atoms. The molecule has 0 aliphatic heterocycles. The van der Waals surface area contributed by atoms with Gasteiger partial charge in [0.05, 0.1) is 24.0 Å². The zero-order valence-electron chi connectivity index (χ0n) is 13.0. The van der Waals surface area contributed by atoms with Gasteiger partial charge in [-0.2, -0.15) is 0 Å². The van der Waals surface area contributed by atoms with Gasteiger partial charge in [0.2, 0.25) is 0 Å². The molecule has 4 heteroatoms. The highest BCUT2D eigenvalue weighted by Gasteiger charge is 2.01. The standard InChI is InChI=1S/C19H20N2O2/c22-14-16-8-10-17(11-9-16)23-13-5-1-4-12-21-15-20-18-6-2-3-7-19(18)21/h2-3,6-11,14-15H,1,4-5,12-13H2. The Morgan fingerprint density at radius 2 is 1.83 bits per heavy atom. The molecule has 4 nitrogen and oxygen atoms in total. The molecule has 0 N–H and O–H groups in total. The molecule has 2 aromatic carbocycles. The molecule has 0 unspecified atom stereocenters. The number of benzene rings is 2. The smallest absolute Gasteiger partial charge is 0.150 e. The lowest BCUT2D eigenvalue weighted by Crippen LogP contribution is -2.00. The minimum absolute atomic E-state index is 0.671. The number of carbonyl (C=O) groups is 1. The minimum atomic E-state index is 0.671. The van der Waals surface area contributed by atoms with Gasteiger partial charge in [-0.3, -0.25) is 4.79 Å². The molecule has 118 valence electrons. The lowest BCUT2D eigenvalue weighted by Gasteiger charge is -2.07. The second kappa shape index (κ2) is 7.58. The molecule has 1 aromatic heterocycles. The number of ether oxygens (including phenoxy) is 1. The number of fused-ring (bicyclic) bond motifs is 1. The maximum atomic E-state index is 10.6. The number of rotatable bonds is 8. The summed E-state index contributed by atoms with van der Waals surface area (Å²) in [4.78, 5) is 15.0. The summed E-state index contributed by atoms with van der Waals surface area (Å²) >= 11 is 0. The van der Waals surface area contributed by atoms with Crippen molar-refractivity contribution in [2.24, 2.45) is 0 Å². The highest BCUT2D eigenvalue weighted by Crippen LogP contribution is 2.14. The normalized spacial score (nSPS) is 10.8. The van der Waals surface area contributed by atoms with Crippen molar-refractivity contribution in [1.82, 2.24) is 9.55 Å². The van der Waals surface area contributed by atoms with Crippen LogP contribution in [0.25, 0.3) is 11.0 Å². The van der Waals surface area contributed by atoms with Gasteiger partial charge in [-0.05, 0) is 55.7 Å². The number of aromatic nitrogens is 2. The van der Waals surface area contributed by atoms with Gasteiger partial charge < -0.3 is 9.30 Å². The second-order valence-corrected chi connectivity index (χ2v) is 5.52. The number of unbranched alkanes of at least 4 members (excludes halogenated alkanes) is 2. The SMILES string of the molecule is O=Cc1ccc(OCCCCCn2cnc3ccccc32)cc1. The summed E-state index contributed by atoms with van der Waals surface area (Å²) in [6.07, 6.45) is 5.98. The van der Waals surface area contributed by atoms with Crippen molar-refractivity contribution in [1.29, 1.82) is 0 Å². The van der Waals surface area contributed by atoms with Crippen LogP contribution in [0.1, 0.15) is 29.6 Å². The Morgan fingerprint density at radius 3 is 2.65 bits per heavy atom. The van der Waals surface area contributed by atoms with E-state index in [1.165, 1.54) is 5.52 Å². The molecular weight excluding hydrogens is 288 g/mol. The highest BCUT2D eigenvalue weighted by atomic mass is 16.5. The molecule has 3 aromatic rings. The van der Waals surface area contributed by atoms with E-state index in [1.807, 2.05) is 36.7 Å². The number of nitrogens with zero attached hydrogens (tertiary/aromatic N) is 2. The summed E-state index contributed by atoms with van der Waals surface area (Å²) in [6.45, 7) is 1.68. The van der Waals surface area contributed by atoms with Crippen molar-refractivity contribution in [2.45, 2.75) is 25.8 Å². The maximum absolute atomic E-state index is 10.6. The Morgan fingerprint density at radius 1 is 1.00 bits per heavy atom. The van der Waals surface area contributed by atoms with Gasteiger partial charge >= 0.3 is 0 Å². The van der Waals surface area contributed by atoms with E-state index in [2.05, 4.69) is 15.6 Å². The molecule has 0 aliphatic rings. The molecule has 3 rings (SSSR count). The van der Waals surface area contributed by atoms with Crippen molar-refractivity contribution in [3.05, 3.63) is 60.4 Å². The number of aldehydes is 1. The van der Waals surface area contributed by atoms with Crippen LogP contribution in [-0.2, 0) is 6.54 Å². The molecule has 0 fully saturated rings. The van der Waals surface area contributed by atoms with E-state index in [-0.39, 0.29) is 0 Å². The average molecular weight is 308 g/mol. The number of hydrogen-bond donors (Lipinski definition) is 0. The summed E-state index contributed by atoms with van der Waals surface area (Å²) in [7, 11) is 0. The fourth-order valence-electron chi connectivity index (χ4n) is 2.58. The molecular formula is C19H20N2O2. The van der Waals surface area contributed by atoms with Gasteiger partial charge in [0.25, 0.3) is 0 Å². The Bertz CT molecular complexity index is 762. The van der Waals surface area contributed by atoms with Gasteiger partial charge in [-0.15, -0.1) is 0 Å². The largest absolute Gasteiger partial charge is 0.494 e. The molecule has 0 saturated heterocycles. The number of aryl methyl sites for hydroxylation is 1. The van der Waals surface area contributed by atoms with Crippen LogP contribution in [0.4, 0.5) is 0 Å². The zero-order chi connectivity index (χ0) is 15.9. The second-order valence-electron chi connectivity index (χ2n) is 5.52. The van der Waals surface area contributed by atoms with Crippen molar-refractivity contribution in [2.75, 3.05) is 6.61 Å². The third-order valence-corrected chi connectivity index (χ3v) is 3.86. The van der Waals surface area contributed by atoms with Gasteiger partial charge in [0.1, 0.15) is 12.0 Å². The van der Waals surface area contributed by atoms with Crippen molar-refractivity contribution >= 4 is 17.3 Å². The summed E-state index contributed by atoms with van der Waals surface area (Å²) in [5.74, 6) is 0.816. The van der Waals surface area contributed by atoms with Crippen LogP contribution < -0.4 is 4.74 Å². The summed E-state index contributed by atoms with van der Waals surface area (Å²) in [5, 5.41) is 0. The first-order valence-corrected chi connectivity index (χ1v) is 7.95. The summed E-state index contributed by atoms with van der Waals surface area (Å²) in [6, 6.07) is 15.4. The number of carbonyl (C=O) groups excluding carboxylic acids is 1. The molecule has 23 heavy (non-hydrogen) atoms. The van der Waals surface area contributed by atoms with Crippen LogP contribution in [-0.4, -0.2) is 22.4 Å². The van der Waals surface area contributed by atoms with Gasteiger partial charge in [0, 0.05) is 12.1 Å². The monoisotopic (exact) mass is 308 g/mol. The van der Waals surface area contributed by atoms with Crippen LogP contribution in [0.5, 0.6) is 5.75 Å².